The summed E-state index contributed by atoms with van der Waals surface area (Å²) in [5, 5.41) is 3.47. The molecule has 0 radical (unpaired) electrons. The van der Waals surface area contributed by atoms with Gasteiger partial charge in [-0.15, -0.1) is 0 Å². The van der Waals surface area contributed by atoms with Crippen molar-refractivity contribution in [1.29, 1.82) is 0 Å². The van der Waals surface area contributed by atoms with Gasteiger partial charge in [0.2, 0.25) is 0 Å². The zero-order valence-electron chi connectivity index (χ0n) is 10.3. The second-order valence-electron chi connectivity index (χ2n) is 4.75. The normalized spacial score (nSPS) is 19.3. The maximum atomic E-state index is 4.76. The lowest BCUT2D eigenvalue weighted by atomic mass is 10.1. The Balaban J connectivity index is 1.97. The number of H-pyrrole nitrogens is 1. The number of aromatic nitrogens is 2. The summed E-state index contributed by atoms with van der Waals surface area (Å²) in [6.07, 6.45) is 2.40. The van der Waals surface area contributed by atoms with Crippen LogP contribution in [0.15, 0.2) is 28.7 Å². The summed E-state index contributed by atoms with van der Waals surface area (Å²) in [5.74, 6) is 1.07. The quantitative estimate of drug-likeness (QED) is 0.890. The first kappa shape index (κ1) is 11.9. The van der Waals surface area contributed by atoms with Gasteiger partial charge in [-0.3, -0.25) is 0 Å². The van der Waals surface area contributed by atoms with E-state index < -0.39 is 0 Å². The van der Waals surface area contributed by atoms with Crippen LogP contribution in [0.1, 0.15) is 30.4 Å². The van der Waals surface area contributed by atoms with Crippen LogP contribution in [0, 0.1) is 6.92 Å². The number of imidazole rings is 1. The molecule has 0 bridgehead atoms. The summed E-state index contributed by atoms with van der Waals surface area (Å²) in [6, 6.07) is 8.67. The molecule has 2 heterocycles. The van der Waals surface area contributed by atoms with Gasteiger partial charge in [0, 0.05) is 15.7 Å². The molecule has 2 aromatic rings. The van der Waals surface area contributed by atoms with E-state index in [1.807, 2.05) is 12.1 Å². The highest BCUT2D eigenvalue weighted by atomic mass is 79.9. The molecule has 1 aliphatic heterocycles. The first-order valence-corrected chi connectivity index (χ1v) is 7.09. The molecule has 3 nitrogen and oxygen atoms in total. The Morgan fingerprint density at radius 2 is 2.28 bits per heavy atom. The van der Waals surface area contributed by atoms with Crippen molar-refractivity contribution in [3.63, 3.8) is 0 Å². The average Bonchev–Trinajstić information content (AvgIpc) is 2.97. The van der Waals surface area contributed by atoms with Crippen molar-refractivity contribution in [3.05, 3.63) is 40.3 Å². The Bertz CT molecular complexity index is 556. The summed E-state index contributed by atoms with van der Waals surface area (Å²) < 4.78 is 1.09. The summed E-state index contributed by atoms with van der Waals surface area (Å²) in [4.78, 5) is 8.18. The van der Waals surface area contributed by atoms with Gasteiger partial charge >= 0.3 is 0 Å². The van der Waals surface area contributed by atoms with Crippen LogP contribution in [0.3, 0.4) is 0 Å². The third-order valence-corrected chi connectivity index (χ3v) is 3.88. The monoisotopic (exact) mass is 305 g/mol. The molecule has 1 aromatic heterocycles. The van der Waals surface area contributed by atoms with Gasteiger partial charge in [0.05, 0.1) is 11.7 Å². The molecule has 1 aliphatic rings. The first-order valence-electron chi connectivity index (χ1n) is 6.30. The number of rotatable bonds is 2. The third-order valence-electron chi connectivity index (χ3n) is 3.39. The molecule has 4 heteroatoms. The maximum Gasteiger partial charge on any atom is 0.124 e. The molecule has 3 rings (SSSR count). The van der Waals surface area contributed by atoms with E-state index in [2.05, 4.69) is 45.3 Å². The zero-order valence-corrected chi connectivity index (χ0v) is 11.9. The molecule has 0 amide bonds. The van der Waals surface area contributed by atoms with Crippen molar-refractivity contribution < 1.29 is 0 Å². The molecule has 1 saturated heterocycles. The van der Waals surface area contributed by atoms with Crippen LogP contribution in [0.5, 0.6) is 0 Å². The molecule has 1 atom stereocenters. The molecule has 0 aliphatic carbocycles. The standard InChI is InChI=1S/C14H16BrN3/c1-9-13(10-4-2-5-11(15)8-10)18-14(17-9)12-6-3-7-16-12/h2,4-5,8,12,16H,3,6-7H2,1H3,(H,17,18). The van der Waals surface area contributed by atoms with Gasteiger partial charge < -0.3 is 10.3 Å². The SMILES string of the molecule is Cc1[nH]c(C2CCCN2)nc1-c1cccc(Br)c1. The van der Waals surface area contributed by atoms with E-state index in [0.717, 1.165) is 33.8 Å². The van der Waals surface area contributed by atoms with Crippen molar-refractivity contribution >= 4 is 15.9 Å². The summed E-state index contributed by atoms with van der Waals surface area (Å²) in [6.45, 7) is 3.18. The van der Waals surface area contributed by atoms with Crippen LogP contribution >= 0.6 is 15.9 Å². The zero-order chi connectivity index (χ0) is 12.5. The number of nitrogens with zero attached hydrogens (tertiary/aromatic N) is 1. The van der Waals surface area contributed by atoms with E-state index in [1.54, 1.807) is 0 Å². The predicted octanol–water partition coefficient (Wildman–Crippen LogP) is 3.57. The molecule has 18 heavy (non-hydrogen) atoms. The average molecular weight is 306 g/mol. The lowest BCUT2D eigenvalue weighted by molar-refractivity contribution is 0.612. The number of aryl methyl sites for hydroxylation is 1. The maximum absolute atomic E-state index is 4.76. The fourth-order valence-electron chi connectivity index (χ4n) is 2.48. The Morgan fingerprint density at radius 1 is 1.39 bits per heavy atom. The molecule has 0 saturated carbocycles. The van der Waals surface area contributed by atoms with Crippen LogP contribution in [0.25, 0.3) is 11.3 Å². The van der Waals surface area contributed by atoms with E-state index in [0.29, 0.717) is 6.04 Å². The van der Waals surface area contributed by atoms with Gasteiger partial charge in [0.15, 0.2) is 0 Å². The highest BCUT2D eigenvalue weighted by molar-refractivity contribution is 9.10. The van der Waals surface area contributed by atoms with E-state index >= 15 is 0 Å². The van der Waals surface area contributed by atoms with E-state index in [4.69, 9.17) is 4.98 Å². The smallest absolute Gasteiger partial charge is 0.124 e. The minimum absolute atomic E-state index is 0.393. The molecule has 2 N–H and O–H groups in total. The molecule has 1 fully saturated rings. The van der Waals surface area contributed by atoms with Gasteiger partial charge in [-0.05, 0) is 38.4 Å². The second kappa shape index (κ2) is 4.86. The summed E-state index contributed by atoms with van der Waals surface area (Å²) in [5.41, 5.74) is 3.35. The van der Waals surface area contributed by atoms with E-state index in [1.165, 1.54) is 12.8 Å². The van der Waals surface area contributed by atoms with Crippen molar-refractivity contribution in [1.82, 2.24) is 15.3 Å². The number of halogens is 1. The number of nitrogens with one attached hydrogen (secondary N) is 2. The molecule has 1 aromatic carbocycles. The number of hydrogen-bond donors (Lipinski definition) is 2. The predicted molar refractivity (Wildman–Crippen MR) is 76.4 cm³/mol. The number of hydrogen-bond acceptors (Lipinski definition) is 2. The van der Waals surface area contributed by atoms with Crippen LogP contribution in [0.4, 0.5) is 0 Å². The van der Waals surface area contributed by atoms with Crippen LogP contribution in [-0.4, -0.2) is 16.5 Å². The van der Waals surface area contributed by atoms with Crippen LogP contribution in [0.2, 0.25) is 0 Å². The first-order chi connectivity index (χ1) is 8.74. The van der Waals surface area contributed by atoms with Crippen LogP contribution in [-0.2, 0) is 0 Å². The number of aromatic amines is 1. The van der Waals surface area contributed by atoms with E-state index in [-0.39, 0.29) is 0 Å². The van der Waals surface area contributed by atoms with Gasteiger partial charge in [0.1, 0.15) is 5.82 Å². The van der Waals surface area contributed by atoms with Gasteiger partial charge in [-0.25, -0.2) is 4.98 Å². The lowest BCUT2D eigenvalue weighted by Gasteiger charge is -2.04. The van der Waals surface area contributed by atoms with Gasteiger partial charge in [-0.2, -0.15) is 0 Å². The van der Waals surface area contributed by atoms with Gasteiger partial charge in [0.25, 0.3) is 0 Å². The highest BCUT2D eigenvalue weighted by Crippen LogP contribution is 2.28. The molecular weight excluding hydrogens is 290 g/mol. The largest absolute Gasteiger partial charge is 0.344 e. The fourth-order valence-corrected chi connectivity index (χ4v) is 2.88. The van der Waals surface area contributed by atoms with Crippen molar-refractivity contribution in [3.8, 4) is 11.3 Å². The van der Waals surface area contributed by atoms with Gasteiger partial charge in [-0.1, -0.05) is 28.1 Å². The highest BCUT2D eigenvalue weighted by Gasteiger charge is 2.20. The fraction of sp³-hybridized carbons (Fsp3) is 0.357. The van der Waals surface area contributed by atoms with E-state index in [9.17, 15) is 0 Å². The van der Waals surface area contributed by atoms with Crippen molar-refractivity contribution in [2.75, 3.05) is 6.54 Å². The Hall–Kier alpha value is -1.13. The Morgan fingerprint density at radius 3 is 3.00 bits per heavy atom. The second-order valence-corrected chi connectivity index (χ2v) is 5.67. The lowest BCUT2D eigenvalue weighted by Crippen LogP contribution is -2.14. The van der Waals surface area contributed by atoms with Crippen molar-refractivity contribution in [2.45, 2.75) is 25.8 Å². The van der Waals surface area contributed by atoms with Crippen LogP contribution < -0.4 is 5.32 Å². The minimum atomic E-state index is 0.393. The molecule has 0 spiro atoms. The topological polar surface area (TPSA) is 40.7 Å². The summed E-state index contributed by atoms with van der Waals surface area (Å²) in [7, 11) is 0. The number of benzene rings is 1. The molecular formula is C14H16BrN3. The van der Waals surface area contributed by atoms with Crippen molar-refractivity contribution in [2.24, 2.45) is 0 Å². The molecule has 1 unspecified atom stereocenters. The third kappa shape index (κ3) is 2.22. The Kier molecular flexibility index (Phi) is 3.22. The Labute approximate surface area is 115 Å². The minimum Gasteiger partial charge on any atom is -0.344 e. The summed E-state index contributed by atoms with van der Waals surface area (Å²) >= 11 is 3.51. The molecule has 94 valence electrons.